The highest BCUT2D eigenvalue weighted by molar-refractivity contribution is 5.71. The molecule has 0 N–H and O–H groups in total. The SMILES string of the molecule is CC(C=NN1CCOC1=O)Cc1ccc(C(C)C)cc1. The molecule has 0 saturated carbocycles. The van der Waals surface area contributed by atoms with Gasteiger partial charge in [0, 0.05) is 6.21 Å². The van der Waals surface area contributed by atoms with Gasteiger partial charge in [0.2, 0.25) is 0 Å². The van der Waals surface area contributed by atoms with Gasteiger partial charge in [0.15, 0.2) is 0 Å². The smallest absolute Gasteiger partial charge is 0.430 e. The summed E-state index contributed by atoms with van der Waals surface area (Å²) in [6, 6.07) is 8.71. The Balaban J connectivity index is 1.89. The number of hydrogen-bond donors (Lipinski definition) is 0. The molecule has 4 heteroatoms. The van der Waals surface area contributed by atoms with Crippen LogP contribution in [0.1, 0.15) is 37.8 Å². The highest BCUT2D eigenvalue weighted by Gasteiger charge is 2.20. The molecule has 2 rings (SSSR count). The number of rotatable bonds is 5. The average Bonchev–Trinajstić information content (AvgIpc) is 2.82. The molecule has 1 unspecified atom stereocenters. The van der Waals surface area contributed by atoms with Crippen molar-refractivity contribution in [2.75, 3.05) is 13.2 Å². The number of cyclic esters (lactones) is 1. The lowest BCUT2D eigenvalue weighted by Gasteiger charge is -2.10. The number of benzene rings is 1. The number of carbonyl (C=O) groups excluding carboxylic acids is 1. The Bertz CT molecular complexity index is 480. The maximum Gasteiger partial charge on any atom is 0.430 e. The summed E-state index contributed by atoms with van der Waals surface area (Å²) in [7, 11) is 0. The number of amides is 1. The molecule has 0 bridgehead atoms. The molecule has 108 valence electrons. The van der Waals surface area contributed by atoms with E-state index in [1.165, 1.54) is 16.1 Å². The Labute approximate surface area is 120 Å². The zero-order chi connectivity index (χ0) is 14.5. The van der Waals surface area contributed by atoms with Gasteiger partial charge in [0.1, 0.15) is 6.61 Å². The summed E-state index contributed by atoms with van der Waals surface area (Å²) < 4.78 is 4.82. The molecule has 1 fully saturated rings. The highest BCUT2D eigenvalue weighted by atomic mass is 16.6. The minimum Gasteiger partial charge on any atom is -0.446 e. The van der Waals surface area contributed by atoms with Gasteiger partial charge < -0.3 is 4.74 Å². The third-order valence-electron chi connectivity index (χ3n) is 3.40. The number of nitrogens with zero attached hydrogens (tertiary/aromatic N) is 2. The minimum atomic E-state index is -0.352. The summed E-state index contributed by atoms with van der Waals surface area (Å²) >= 11 is 0. The second kappa shape index (κ2) is 6.55. The first kappa shape index (κ1) is 14.6. The Morgan fingerprint density at radius 2 is 2.00 bits per heavy atom. The Morgan fingerprint density at radius 3 is 2.55 bits per heavy atom. The molecule has 1 aromatic carbocycles. The molecule has 1 aromatic rings. The van der Waals surface area contributed by atoms with E-state index in [1.807, 2.05) is 6.21 Å². The van der Waals surface area contributed by atoms with Crippen LogP contribution in [0.15, 0.2) is 29.4 Å². The van der Waals surface area contributed by atoms with Gasteiger partial charge in [-0.2, -0.15) is 10.1 Å². The molecule has 1 saturated heterocycles. The van der Waals surface area contributed by atoms with Crippen molar-refractivity contribution in [3.8, 4) is 0 Å². The lowest BCUT2D eigenvalue weighted by molar-refractivity contribution is 0.159. The maximum absolute atomic E-state index is 11.2. The van der Waals surface area contributed by atoms with Crippen molar-refractivity contribution in [2.45, 2.75) is 33.1 Å². The molecule has 4 nitrogen and oxygen atoms in total. The van der Waals surface area contributed by atoms with E-state index in [2.05, 4.69) is 50.1 Å². The molecule has 1 aliphatic heterocycles. The normalized spacial score (nSPS) is 17.0. The minimum absolute atomic E-state index is 0.285. The maximum atomic E-state index is 11.2. The molecule has 0 aliphatic carbocycles. The fourth-order valence-corrected chi connectivity index (χ4v) is 2.15. The fraction of sp³-hybridized carbons (Fsp3) is 0.500. The first-order valence-corrected chi connectivity index (χ1v) is 7.13. The average molecular weight is 274 g/mol. The van der Waals surface area contributed by atoms with E-state index in [0.29, 0.717) is 19.1 Å². The third-order valence-corrected chi connectivity index (χ3v) is 3.40. The predicted octanol–water partition coefficient (Wildman–Crippen LogP) is 3.43. The van der Waals surface area contributed by atoms with Gasteiger partial charge in [-0.05, 0) is 29.4 Å². The fourth-order valence-electron chi connectivity index (χ4n) is 2.15. The van der Waals surface area contributed by atoms with Crippen LogP contribution in [-0.4, -0.2) is 30.5 Å². The first-order valence-electron chi connectivity index (χ1n) is 7.13. The van der Waals surface area contributed by atoms with Crippen LogP contribution in [0.2, 0.25) is 0 Å². The predicted molar refractivity (Wildman–Crippen MR) is 79.9 cm³/mol. The first-order chi connectivity index (χ1) is 9.56. The summed E-state index contributed by atoms with van der Waals surface area (Å²) in [4.78, 5) is 11.2. The summed E-state index contributed by atoms with van der Waals surface area (Å²) in [6.07, 6.45) is 2.39. The number of ether oxygens (including phenoxy) is 1. The quantitative estimate of drug-likeness (QED) is 0.772. The van der Waals surface area contributed by atoms with Crippen molar-refractivity contribution in [1.82, 2.24) is 5.01 Å². The topological polar surface area (TPSA) is 41.9 Å². The Morgan fingerprint density at radius 1 is 1.30 bits per heavy atom. The van der Waals surface area contributed by atoms with Crippen LogP contribution in [-0.2, 0) is 11.2 Å². The van der Waals surface area contributed by atoms with E-state index in [4.69, 9.17) is 4.74 Å². The number of hydrogen-bond acceptors (Lipinski definition) is 3. The molecule has 0 radical (unpaired) electrons. The molecule has 0 aromatic heterocycles. The number of hydrazone groups is 1. The zero-order valence-electron chi connectivity index (χ0n) is 12.4. The summed E-state index contributed by atoms with van der Waals surface area (Å²) in [5, 5.41) is 5.55. The zero-order valence-corrected chi connectivity index (χ0v) is 12.4. The van der Waals surface area contributed by atoms with Crippen molar-refractivity contribution >= 4 is 12.3 Å². The summed E-state index contributed by atoms with van der Waals surface area (Å²) in [5.41, 5.74) is 2.65. The van der Waals surface area contributed by atoms with Crippen molar-refractivity contribution in [3.05, 3.63) is 35.4 Å². The molecule has 1 heterocycles. The van der Waals surface area contributed by atoms with Crippen molar-refractivity contribution in [3.63, 3.8) is 0 Å². The highest BCUT2D eigenvalue weighted by Crippen LogP contribution is 2.16. The van der Waals surface area contributed by atoms with Crippen molar-refractivity contribution in [2.24, 2.45) is 11.0 Å². The van der Waals surface area contributed by atoms with Crippen LogP contribution in [0.5, 0.6) is 0 Å². The molecule has 1 aliphatic rings. The summed E-state index contributed by atoms with van der Waals surface area (Å²) in [5.74, 6) is 0.845. The van der Waals surface area contributed by atoms with Crippen LogP contribution in [0, 0.1) is 5.92 Å². The van der Waals surface area contributed by atoms with Gasteiger partial charge >= 0.3 is 6.09 Å². The van der Waals surface area contributed by atoms with Gasteiger partial charge in [-0.15, -0.1) is 0 Å². The van der Waals surface area contributed by atoms with Crippen LogP contribution in [0.4, 0.5) is 4.79 Å². The van der Waals surface area contributed by atoms with Crippen LogP contribution >= 0.6 is 0 Å². The van der Waals surface area contributed by atoms with Gasteiger partial charge in [-0.25, -0.2) is 4.79 Å². The molecule has 0 spiro atoms. The standard InChI is InChI=1S/C16H22N2O2/c1-12(2)15-6-4-14(5-7-15)10-13(3)11-17-18-8-9-20-16(18)19/h4-7,11-13H,8-10H2,1-3H3. The van der Waals surface area contributed by atoms with E-state index in [-0.39, 0.29) is 12.0 Å². The Kier molecular flexibility index (Phi) is 4.77. The molecular formula is C16H22N2O2. The van der Waals surface area contributed by atoms with E-state index >= 15 is 0 Å². The lowest BCUT2D eigenvalue weighted by Crippen LogP contribution is -2.18. The van der Waals surface area contributed by atoms with Crippen LogP contribution in [0.25, 0.3) is 0 Å². The second-order valence-corrected chi connectivity index (χ2v) is 5.58. The van der Waals surface area contributed by atoms with Crippen molar-refractivity contribution < 1.29 is 9.53 Å². The second-order valence-electron chi connectivity index (χ2n) is 5.58. The van der Waals surface area contributed by atoms with Crippen LogP contribution in [0.3, 0.4) is 0 Å². The van der Waals surface area contributed by atoms with E-state index in [1.54, 1.807) is 0 Å². The molecule has 20 heavy (non-hydrogen) atoms. The van der Waals surface area contributed by atoms with Crippen LogP contribution < -0.4 is 0 Å². The largest absolute Gasteiger partial charge is 0.446 e. The summed E-state index contributed by atoms with van der Waals surface area (Å²) in [6.45, 7) is 7.46. The van der Waals surface area contributed by atoms with Crippen molar-refractivity contribution in [1.29, 1.82) is 0 Å². The van der Waals surface area contributed by atoms with Gasteiger partial charge in [0.25, 0.3) is 0 Å². The van der Waals surface area contributed by atoms with E-state index < -0.39 is 0 Å². The van der Waals surface area contributed by atoms with Gasteiger partial charge in [0.05, 0.1) is 6.54 Å². The van der Waals surface area contributed by atoms with Gasteiger partial charge in [-0.1, -0.05) is 45.0 Å². The third kappa shape index (κ3) is 3.83. The van der Waals surface area contributed by atoms with E-state index in [0.717, 1.165) is 6.42 Å². The monoisotopic (exact) mass is 274 g/mol. The molecule has 1 amide bonds. The lowest BCUT2D eigenvalue weighted by atomic mass is 9.97. The number of carbonyl (C=O) groups is 1. The van der Waals surface area contributed by atoms with Gasteiger partial charge in [-0.3, -0.25) is 0 Å². The molecular weight excluding hydrogens is 252 g/mol. The molecule has 1 atom stereocenters. The Hall–Kier alpha value is -1.84. The van der Waals surface area contributed by atoms with E-state index in [9.17, 15) is 4.79 Å².